The first-order valence-electron chi connectivity index (χ1n) is 6.26. The fraction of sp³-hybridized carbons (Fsp3) is 0.462. The molecule has 0 aliphatic heterocycles. The lowest BCUT2D eigenvalue weighted by Gasteiger charge is -2.18. The predicted octanol–water partition coefficient (Wildman–Crippen LogP) is 1.77. The number of amides is 1. The second-order valence-electron chi connectivity index (χ2n) is 4.25. The van der Waals surface area contributed by atoms with E-state index in [0.717, 1.165) is 18.4 Å². The van der Waals surface area contributed by atoms with Gasteiger partial charge in [-0.25, -0.2) is 0 Å². The SMILES string of the molecule is CCCC(NCC(=O)NC)c1cccc([N+](=O)[O-])c1. The van der Waals surface area contributed by atoms with Crippen LogP contribution in [0.15, 0.2) is 24.3 Å². The molecule has 104 valence electrons. The van der Waals surface area contributed by atoms with Gasteiger partial charge >= 0.3 is 0 Å². The summed E-state index contributed by atoms with van der Waals surface area (Å²) in [6.45, 7) is 2.23. The highest BCUT2D eigenvalue weighted by atomic mass is 16.6. The molecule has 1 amide bonds. The van der Waals surface area contributed by atoms with E-state index in [2.05, 4.69) is 10.6 Å². The standard InChI is InChI=1S/C13H19N3O3/c1-3-5-12(15-9-13(17)14-2)10-6-4-7-11(8-10)16(18)19/h4,6-8,12,15H,3,5,9H2,1-2H3,(H,14,17). The monoisotopic (exact) mass is 265 g/mol. The molecule has 0 aromatic heterocycles. The number of non-ortho nitro benzene ring substituents is 1. The maximum atomic E-state index is 11.2. The normalized spacial score (nSPS) is 11.9. The van der Waals surface area contributed by atoms with Gasteiger partial charge in [-0.1, -0.05) is 25.5 Å². The van der Waals surface area contributed by atoms with Gasteiger partial charge in [0.1, 0.15) is 0 Å². The van der Waals surface area contributed by atoms with Crippen molar-refractivity contribution in [2.75, 3.05) is 13.6 Å². The molecule has 0 saturated heterocycles. The van der Waals surface area contributed by atoms with Gasteiger partial charge in [0.2, 0.25) is 5.91 Å². The van der Waals surface area contributed by atoms with Crippen LogP contribution in [0.25, 0.3) is 0 Å². The molecule has 6 heteroatoms. The van der Waals surface area contributed by atoms with Crippen molar-refractivity contribution in [2.45, 2.75) is 25.8 Å². The smallest absolute Gasteiger partial charge is 0.269 e. The van der Waals surface area contributed by atoms with Gasteiger partial charge in [0.15, 0.2) is 0 Å². The molecule has 19 heavy (non-hydrogen) atoms. The maximum Gasteiger partial charge on any atom is 0.269 e. The molecule has 0 aliphatic rings. The van der Waals surface area contributed by atoms with Crippen LogP contribution >= 0.6 is 0 Å². The minimum atomic E-state index is -0.411. The third-order valence-electron chi connectivity index (χ3n) is 2.85. The Bertz CT molecular complexity index is 449. The van der Waals surface area contributed by atoms with Crippen LogP contribution < -0.4 is 10.6 Å². The van der Waals surface area contributed by atoms with Gasteiger partial charge in [0, 0.05) is 25.2 Å². The number of benzene rings is 1. The number of carbonyl (C=O) groups excluding carboxylic acids is 1. The fourth-order valence-corrected chi connectivity index (χ4v) is 1.83. The van der Waals surface area contributed by atoms with Gasteiger partial charge in [-0.15, -0.1) is 0 Å². The lowest BCUT2D eigenvalue weighted by Crippen LogP contribution is -2.33. The first-order valence-corrected chi connectivity index (χ1v) is 6.26. The van der Waals surface area contributed by atoms with Gasteiger partial charge in [-0.3, -0.25) is 14.9 Å². The molecule has 0 spiro atoms. The molecule has 2 N–H and O–H groups in total. The van der Waals surface area contributed by atoms with E-state index in [0.29, 0.717) is 0 Å². The average molecular weight is 265 g/mol. The van der Waals surface area contributed by atoms with Gasteiger partial charge < -0.3 is 10.6 Å². The zero-order chi connectivity index (χ0) is 14.3. The molecule has 1 aromatic carbocycles. The summed E-state index contributed by atoms with van der Waals surface area (Å²) >= 11 is 0. The summed E-state index contributed by atoms with van der Waals surface area (Å²) < 4.78 is 0. The average Bonchev–Trinajstić information content (AvgIpc) is 2.43. The number of hydrogen-bond acceptors (Lipinski definition) is 4. The summed E-state index contributed by atoms with van der Waals surface area (Å²) in [7, 11) is 1.58. The highest BCUT2D eigenvalue weighted by Crippen LogP contribution is 2.22. The van der Waals surface area contributed by atoms with E-state index >= 15 is 0 Å². The second-order valence-corrected chi connectivity index (χ2v) is 4.25. The molecular formula is C13H19N3O3. The summed E-state index contributed by atoms with van der Waals surface area (Å²) in [6, 6.07) is 6.46. The third kappa shape index (κ3) is 4.67. The molecule has 0 saturated carbocycles. The highest BCUT2D eigenvalue weighted by molar-refractivity contribution is 5.77. The summed E-state index contributed by atoms with van der Waals surface area (Å²) in [4.78, 5) is 21.6. The maximum absolute atomic E-state index is 11.2. The van der Waals surface area contributed by atoms with E-state index < -0.39 is 4.92 Å². The summed E-state index contributed by atoms with van der Waals surface area (Å²) in [5.74, 6) is -0.105. The quantitative estimate of drug-likeness (QED) is 0.581. The Hall–Kier alpha value is -1.95. The number of hydrogen-bond donors (Lipinski definition) is 2. The van der Waals surface area contributed by atoms with Crippen LogP contribution in [0.1, 0.15) is 31.4 Å². The number of rotatable bonds is 7. The first-order chi connectivity index (χ1) is 9.08. The third-order valence-corrected chi connectivity index (χ3v) is 2.85. The minimum Gasteiger partial charge on any atom is -0.358 e. The van der Waals surface area contributed by atoms with E-state index in [4.69, 9.17) is 0 Å². The van der Waals surface area contributed by atoms with Gasteiger partial charge in [0.05, 0.1) is 11.5 Å². The zero-order valence-electron chi connectivity index (χ0n) is 11.2. The predicted molar refractivity (Wildman–Crippen MR) is 72.8 cm³/mol. The Morgan fingerprint density at radius 3 is 2.79 bits per heavy atom. The van der Waals surface area contributed by atoms with Crippen LogP contribution in [0, 0.1) is 10.1 Å². The molecule has 6 nitrogen and oxygen atoms in total. The summed E-state index contributed by atoms with van der Waals surface area (Å²) in [5.41, 5.74) is 0.903. The number of nitro benzene ring substituents is 1. The largest absolute Gasteiger partial charge is 0.358 e. The molecule has 0 bridgehead atoms. The second kappa shape index (κ2) is 7.48. The molecule has 1 unspecified atom stereocenters. The highest BCUT2D eigenvalue weighted by Gasteiger charge is 2.14. The molecule has 1 rings (SSSR count). The van der Waals surface area contributed by atoms with Crippen LogP contribution in [-0.2, 0) is 4.79 Å². The molecule has 0 aliphatic carbocycles. The van der Waals surface area contributed by atoms with Gasteiger partial charge in [-0.05, 0) is 12.0 Å². The Morgan fingerprint density at radius 2 is 2.21 bits per heavy atom. The molecule has 0 radical (unpaired) electrons. The Balaban J connectivity index is 2.82. The Labute approximate surface area is 112 Å². The molecule has 0 fully saturated rings. The van der Waals surface area contributed by atoms with Crippen molar-refractivity contribution >= 4 is 11.6 Å². The van der Waals surface area contributed by atoms with Crippen molar-refractivity contribution < 1.29 is 9.72 Å². The molecule has 0 heterocycles. The topological polar surface area (TPSA) is 84.3 Å². The van der Waals surface area contributed by atoms with E-state index in [1.165, 1.54) is 6.07 Å². The number of nitrogens with one attached hydrogen (secondary N) is 2. The van der Waals surface area contributed by atoms with Crippen LogP contribution in [-0.4, -0.2) is 24.4 Å². The van der Waals surface area contributed by atoms with E-state index in [9.17, 15) is 14.9 Å². The lowest BCUT2D eigenvalue weighted by atomic mass is 10.0. The number of nitrogens with zero attached hydrogens (tertiary/aromatic N) is 1. The Morgan fingerprint density at radius 1 is 1.47 bits per heavy atom. The molecule has 1 atom stereocenters. The fourth-order valence-electron chi connectivity index (χ4n) is 1.83. The van der Waals surface area contributed by atoms with Crippen LogP contribution in [0.2, 0.25) is 0 Å². The van der Waals surface area contributed by atoms with E-state index in [1.807, 2.05) is 13.0 Å². The van der Waals surface area contributed by atoms with Crippen LogP contribution in [0.3, 0.4) is 0 Å². The summed E-state index contributed by atoms with van der Waals surface area (Å²) in [5, 5.41) is 16.4. The molecule has 1 aromatic rings. The van der Waals surface area contributed by atoms with Crippen LogP contribution in [0.4, 0.5) is 5.69 Å². The summed E-state index contributed by atoms with van der Waals surface area (Å²) in [6.07, 6.45) is 1.74. The zero-order valence-corrected chi connectivity index (χ0v) is 11.2. The lowest BCUT2D eigenvalue weighted by molar-refractivity contribution is -0.384. The van der Waals surface area contributed by atoms with E-state index in [1.54, 1.807) is 19.2 Å². The van der Waals surface area contributed by atoms with Gasteiger partial charge in [0.25, 0.3) is 5.69 Å². The van der Waals surface area contributed by atoms with Crippen molar-refractivity contribution in [1.82, 2.24) is 10.6 Å². The number of nitro groups is 1. The van der Waals surface area contributed by atoms with E-state index in [-0.39, 0.29) is 24.2 Å². The first kappa shape index (κ1) is 15.1. The minimum absolute atomic E-state index is 0.0535. The van der Waals surface area contributed by atoms with Gasteiger partial charge in [-0.2, -0.15) is 0 Å². The molecular weight excluding hydrogens is 246 g/mol. The van der Waals surface area contributed by atoms with Crippen molar-refractivity contribution in [3.05, 3.63) is 39.9 Å². The Kier molecular flexibility index (Phi) is 5.95. The number of likely N-dealkylation sites (N-methyl/N-ethyl adjacent to an activating group) is 1. The van der Waals surface area contributed by atoms with Crippen molar-refractivity contribution in [3.8, 4) is 0 Å². The number of carbonyl (C=O) groups is 1. The van der Waals surface area contributed by atoms with Crippen molar-refractivity contribution in [1.29, 1.82) is 0 Å². The van der Waals surface area contributed by atoms with Crippen LogP contribution in [0.5, 0.6) is 0 Å². The van der Waals surface area contributed by atoms with Crippen molar-refractivity contribution in [2.24, 2.45) is 0 Å². The van der Waals surface area contributed by atoms with Crippen molar-refractivity contribution in [3.63, 3.8) is 0 Å².